The fourth-order valence-corrected chi connectivity index (χ4v) is 2.65. The van der Waals surface area contributed by atoms with Crippen LogP contribution in [0.5, 0.6) is 0 Å². The number of anilines is 1. The number of hydrogen-bond acceptors (Lipinski definition) is 3. The molecule has 0 saturated heterocycles. The first kappa shape index (κ1) is 18.4. The third kappa shape index (κ3) is 5.32. The lowest BCUT2D eigenvalue weighted by Gasteiger charge is -2.23. The molecule has 0 saturated carbocycles. The number of amides is 1. The molecule has 0 spiro atoms. The highest BCUT2D eigenvalue weighted by Crippen LogP contribution is 2.22. The van der Waals surface area contributed by atoms with Gasteiger partial charge in [0, 0.05) is 12.2 Å². The molecule has 1 atom stereocenters. The minimum atomic E-state index is -0.124. The molecule has 2 rings (SSSR count). The molecule has 2 aromatic rings. The highest BCUT2D eigenvalue weighted by Gasteiger charge is 2.16. The number of aromatic nitrogens is 1. The van der Waals surface area contributed by atoms with Crippen molar-refractivity contribution in [3.63, 3.8) is 0 Å². The Kier molecular flexibility index (Phi) is 6.76. The summed E-state index contributed by atoms with van der Waals surface area (Å²) in [5, 5.41) is 6.64. The van der Waals surface area contributed by atoms with Crippen molar-refractivity contribution in [2.45, 2.75) is 33.2 Å². The quantitative estimate of drug-likeness (QED) is 0.789. The summed E-state index contributed by atoms with van der Waals surface area (Å²) in [7, 11) is 0. The van der Waals surface area contributed by atoms with Crippen molar-refractivity contribution in [3.8, 4) is 0 Å². The SMILES string of the molecule is CCc1ccc([C@H](NCC(=O)Nc2ccc(Cl)cn2)C(C)C)cc1. The Bertz CT molecular complexity index is 653. The molecule has 0 fully saturated rings. The number of hydrogen-bond donors (Lipinski definition) is 2. The van der Waals surface area contributed by atoms with Gasteiger partial charge in [0.2, 0.25) is 5.91 Å². The Morgan fingerprint density at radius 1 is 1.17 bits per heavy atom. The number of benzene rings is 1. The molecule has 1 aromatic heterocycles. The first-order valence-corrected chi connectivity index (χ1v) is 8.61. The van der Waals surface area contributed by atoms with E-state index >= 15 is 0 Å². The zero-order valence-electron chi connectivity index (χ0n) is 14.3. The minimum absolute atomic E-state index is 0.124. The Balaban J connectivity index is 1.95. The van der Waals surface area contributed by atoms with Crippen LogP contribution in [0.25, 0.3) is 0 Å². The molecule has 0 unspecified atom stereocenters. The van der Waals surface area contributed by atoms with Crippen LogP contribution in [-0.2, 0) is 11.2 Å². The van der Waals surface area contributed by atoms with E-state index in [1.54, 1.807) is 12.1 Å². The normalized spacial score (nSPS) is 12.2. The standard InChI is InChI=1S/C19H24ClN3O/c1-4-14-5-7-15(8-6-14)19(13(2)3)22-12-18(24)23-17-10-9-16(20)11-21-17/h5-11,13,19,22H,4,12H2,1-3H3,(H,21,23,24)/t19-/m1/s1. The highest BCUT2D eigenvalue weighted by molar-refractivity contribution is 6.30. The number of nitrogens with zero attached hydrogens (tertiary/aromatic N) is 1. The van der Waals surface area contributed by atoms with Crippen LogP contribution in [0.4, 0.5) is 5.82 Å². The first-order valence-electron chi connectivity index (χ1n) is 8.23. The Morgan fingerprint density at radius 2 is 1.88 bits per heavy atom. The van der Waals surface area contributed by atoms with Crippen molar-refractivity contribution in [2.24, 2.45) is 5.92 Å². The summed E-state index contributed by atoms with van der Waals surface area (Å²) in [5.41, 5.74) is 2.51. The van der Waals surface area contributed by atoms with Crippen molar-refractivity contribution in [1.82, 2.24) is 10.3 Å². The van der Waals surface area contributed by atoms with Gasteiger partial charge in [-0.2, -0.15) is 0 Å². The molecular formula is C19H24ClN3O. The minimum Gasteiger partial charge on any atom is -0.310 e. The lowest BCUT2D eigenvalue weighted by molar-refractivity contribution is -0.115. The summed E-state index contributed by atoms with van der Waals surface area (Å²) in [4.78, 5) is 16.2. The van der Waals surface area contributed by atoms with E-state index in [2.05, 4.69) is 60.7 Å². The van der Waals surface area contributed by atoms with Gasteiger partial charge in [-0.3, -0.25) is 4.79 Å². The molecule has 1 aromatic carbocycles. The van der Waals surface area contributed by atoms with Crippen molar-refractivity contribution < 1.29 is 4.79 Å². The molecular weight excluding hydrogens is 322 g/mol. The fraction of sp³-hybridized carbons (Fsp3) is 0.368. The molecule has 4 nitrogen and oxygen atoms in total. The summed E-state index contributed by atoms with van der Waals surface area (Å²) < 4.78 is 0. The molecule has 5 heteroatoms. The first-order chi connectivity index (χ1) is 11.5. The van der Waals surface area contributed by atoms with Crippen molar-refractivity contribution in [3.05, 3.63) is 58.7 Å². The predicted octanol–water partition coefficient (Wildman–Crippen LogP) is 4.22. The number of carbonyl (C=O) groups excluding carboxylic acids is 1. The second kappa shape index (κ2) is 8.81. The number of aryl methyl sites for hydroxylation is 1. The van der Waals surface area contributed by atoms with Crippen LogP contribution < -0.4 is 10.6 Å². The summed E-state index contributed by atoms with van der Waals surface area (Å²) in [6.07, 6.45) is 2.54. The van der Waals surface area contributed by atoms with Crippen molar-refractivity contribution in [2.75, 3.05) is 11.9 Å². The summed E-state index contributed by atoms with van der Waals surface area (Å²) in [6.45, 7) is 6.65. The number of nitrogens with one attached hydrogen (secondary N) is 2. The van der Waals surface area contributed by atoms with Gasteiger partial charge in [-0.1, -0.05) is 56.6 Å². The van der Waals surface area contributed by atoms with Gasteiger partial charge >= 0.3 is 0 Å². The topological polar surface area (TPSA) is 54.0 Å². The molecule has 0 bridgehead atoms. The van der Waals surface area contributed by atoms with Crippen LogP contribution in [0.3, 0.4) is 0 Å². The number of carbonyl (C=O) groups is 1. The third-order valence-corrected chi connectivity index (χ3v) is 4.11. The molecule has 128 valence electrons. The largest absolute Gasteiger partial charge is 0.310 e. The van der Waals surface area contributed by atoms with Gasteiger partial charge in [0.05, 0.1) is 11.6 Å². The van der Waals surface area contributed by atoms with Crippen molar-refractivity contribution >= 4 is 23.3 Å². The maximum Gasteiger partial charge on any atom is 0.239 e. The Hall–Kier alpha value is -1.91. The van der Waals surface area contributed by atoms with Crippen molar-refractivity contribution in [1.29, 1.82) is 0 Å². The van der Waals surface area contributed by atoms with E-state index in [1.807, 2.05) is 0 Å². The maximum atomic E-state index is 12.1. The molecule has 0 aliphatic rings. The molecule has 1 heterocycles. The lowest BCUT2D eigenvalue weighted by atomic mass is 9.95. The van der Waals surface area contributed by atoms with E-state index in [1.165, 1.54) is 17.3 Å². The van der Waals surface area contributed by atoms with E-state index in [4.69, 9.17) is 11.6 Å². The van der Waals surface area contributed by atoms with E-state index in [9.17, 15) is 4.79 Å². The van der Waals surface area contributed by atoms with Gasteiger partial charge in [-0.25, -0.2) is 4.98 Å². The molecule has 0 aliphatic heterocycles. The van der Waals surface area contributed by atoms with Gasteiger partial charge in [0.25, 0.3) is 0 Å². The number of pyridine rings is 1. The second-order valence-corrected chi connectivity index (χ2v) is 6.54. The van der Waals surface area contributed by atoms with Crippen LogP contribution >= 0.6 is 11.6 Å². The molecule has 0 aliphatic carbocycles. The van der Waals surface area contributed by atoms with Gasteiger partial charge in [0.15, 0.2) is 0 Å². The van der Waals surface area contributed by atoms with Gasteiger partial charge in [0.1, 0.15) is 5.82 Å². The zero-order chi connectivity index (χ0) is 17.5. The maximum absolute atomic E-state index is 12.1. The van der Waals surface area contributed by atoms with Crippen LogP contribution in [-0.4, -0.2) is 17.4 Å². The van der Waals surface area contributed by atoms with E-state index in [0.717, 1.165) is 6.42 Å². The Labute approximate surface area is 148 Å². The smallest absolute Gasteiger partial charge is 0.239 e. The van der Waals surface area contributed by atoms with E-state index in [-0.39, 0.29) is 18.5 Å². The van der Waals surface area contributed by atoms with E-state index in [0.29, 0.717) is 16.8 Å². The van der Waals surface area contributed by atoms with Crippen LogP contribution in [0.2, 0.25) is 5.02 Å². The van der Waals surface area contributed by atoms with Gasteiger partial charge in [-0.15, -0.1) is 0 Å². The lowest BCUT2D eigenvalue weighted by Crippen LogP contribution is -2.33. The average Bonchev–Trinajstić information content (AvgIpc) is 2.57. The molecule has 0 radical (unpaired) electrons. The fourth-order valence-electron chi connectivity index (χ4n) is 2.54. The number of halogens is 1. The highest BCUT2D eigenvalue weighted by atomic mass is 35.5. The second-order valence-electron chi connectivity index (χ2n) is 6.11. The number of rotatable bonds is 7. The molecule has 2 N–H and O–H groups in total. The van der Waals surface area contributed by atoms with Gasteiger partial charge < -0.3 is 10.6 Å². The van der Waals surface area contributed by atoms with Crippen LogP contribution in [0.1, 0.15) is 37.9 Å². The van der Waals surface area contributed by atoms with Gasteiger partial charge in [-0.05, 0) is 35.6 Å². The molecule has 24 heavy (non-hydrogen) atoms. The monoisotopic (exact) mass is 345 g/mol. The average molecular weight is 346 g/mol. The summed E-state index contributed by atoms with van der Waals surface area (Å²) in [5.74, 6) is 0.749. The predicted molar refractivity (Wildman–Crippen MR) is 99.3 cm³/mol. The third-order valence-electron chi connectivity index (χ3n) is 3.89. The van der Waals surface area contributed by atoms with Crippen LogP contribution in [0, 0.1) is 5.92 Å². The molecule has 1 amide bonds. The van der Waals surface area contributed by atoms with Crippen LogP contribution in [0.15, 0.2) is 42.6 Å². The van der Waals surface area contributed by atoms with E-state index < -0.39 is 0 Å². The zero-order valence-corrected chi connectivity index (χ0v) is 15.1. The Morgan fingerprint density at radius 3 is 2.42 bits per heavy atom. The summed E-state index contributed by atoms with van der Waals surface area (Å²) in [6, 6.07) is 12.1. The summed E-state index contributed by atoms with van der Waals surface area (Å²) >= 11 is 5.79.